The van der Waals surface area contributed by atoms with Gasteiger partial charge in [-0.25, -0.2) is 0 Å². The third kappa shape index (κ3) is 3.30. The van der Waals surface area contributed by atoms with Gasteiger partial charge in [-0.2, -0.15) is 0 Å². The molecule has 0 atom stereocenters. The van der Waals surface area contributed by atoms with E-state index >= 15 is 0 Å². The Morgan fingerprint density at radius 3 is 2.19 bits per heavy atom. The summed E-state index contributed by atoms with van der Waals surface area (Å²) in [6, 6.07) is 0. The summed E-state index contributed by atoms with van der Waals surface area (Å²) in [5, 5.41) is 14.0. The average molecular weight is 324 g/mol. The number of carbonyl (C=O) groups is 2. The van der Waals surface area contributed by atoms with Crippen molar-refractivity contribution in [3.8, 4) is 5.88 Å². The Labute approximate surface area is 127 Å². The number of H-pyrrole nitrogens is 2. The van der Waals surface area contributed by atoms with Gasteiger partial charge in [0, 0.05) is 0 Å². The molecule has 1 aromatic rings. The monoisotopic (exact) mass is 324 g/mol. The van der Waals surface area contributed by atoms with Crippen molar-refractivity contribution in [1.82, 2.24) is 20.6 Å². The van der Waals surface area contributed by atoms with Crippen molar-refractivity contribution in [3.05, 3.63) is 38.4 Å². The molecule has 0 spiro atoms. The third-order valence-electron chi connectivity index (χ3n) is 2.43. The summed E-state index contributed by atoms with van der Waals surface area (Å²) < 4.78 is -0.0208. The van der Waals surface area contributed by atoms with E-state index in [1.807, 2.05) is 0 Å². The maximum absolute atomic E-state index is 11.6. The lowest BCUT2D eigenvalue weighted by atomic mass is 10.1. The van der Waals surface area contributed by atoms with Crippen LogP contribution in [0.3, 0.4) is 0 Å². The predicted molar refractivity (Wildman–Crippen MR) is 79.9 cm³/mol. The molecule has 8 nitrogen and oxygen atoms in total. The molecule has 2 rings (SSSR count). The van der Waals surface area contributed by atoms with Crippen LogP contribution in [0.25, 0.3) is 6.08 Å². The number of rotatable bonds is 2. The van der Waals surface area contributed by atoms with Gasteiger partial charge in [-0.1, -0.05) is 6.08 Å². The summed E-state index contributed by atoms with van der Waals surface area (Å²) in [5.74, 6) is -1.73. The van der Waals surface area contributed by atoms with Crippen molar-refractivity contribution < 1.29 is 14.7 Å². The van der Waals surface area contributed by atoms with Gasteiger partial charge in [0.25, 0.3) is 17.4 Å². The Bertz CT molecular complexity index is 796. The number of aromatic nitrogens is 2. The molecule has 1 aliphatic heterocycles. The van der Waals surface area contributed by atoms with Crippen LogP contribution in [0.15, 0.2) is 22.5 Å². The fourth-order valence-electron chi connectivity index (χ4n) is 1.51. The molecular weight excluding hydrogens is 316 g/mol. The Kier molecular flexibility index (Phi) is 4.10. The molecule has 21 heavy (non-hydrogen) atoms. The molecule has 0 unspecified atom stereocenters. The van der Waals surface area contributed by atoms with Crippen molar-refractivity contribution in [3.63, 3.8) is 0 Å². The maximum atomic E-state index is 11.6. The van der Waals surface area contributed by atoms with Gasteiger partial charge in [-0.05, 0) is 36.6 Å². The number of hydrogen-bond donors (Lipinski definition) is 5. The molecule has 10 heteroatoms. The Morgan fingerprint density at radius 1 is 1.00 bits per heavy atom. The van der Waals surface area contributed by atoms with E-state index in [0.29, 0.717) is 0 Å². The number of aromatic amines is 2. The second kappa shape index (κ2) is 5.81. The van der Waals surface area contributed by atoms with E-state index in [1.165, 1.54) is 18.2 Å². The highest BCUT2D eigenvalue weighted by Gasteiger charge is 2.24. The first kappa shape index (κ1) is 14.8. The summed E-state index contributed by atoms with van der Waals surface area (Å²) >= 11 is 9.33. The number of nitrogens with one attached hydrogen (secondary N) is 4. The highest BCUT2D eigenvalue weighted by atomic mass is 32.1. The minimum Gasteiger partial charge on any atom is -0.494 e. The van der Waals surface area contributed by atoms with Crippen LogP contribution >= 0.6 is 24.4 Å². The molecule has 2 heterocycles. The van der Waals surface area contributed by atoms with Crippen molar-refractivity contribution in [2.75, 3.05) is 0 Å². The number of hydrogen-bond acceptors (Lipinski definition) is 6. The van der Waals surface area contributed by atoms with Gasteiger partial charge in [0.2, 0.25) is 5.88 Å². The van der Waals surface area contributed by atoms with E-state index in [9.17, 15) is 19.5 Å². The average Bonchev–Trinajstić information content (AvgIpc) is 2.34. The minimum absolute atomic E-state index is 0.0208. The summed E-state index contributed by atoms with van der Waals surface area (Å²) in [6.07, 6.45) is 3.68. The molecule has 1 aromatic heterocycles. The molecule has 0 aromatic carbocycles. The zero-order valence-corrected chi connectivity index (χ0v) is 11.9. The van der Waals surface area contributed by atoms with Crippen molar-refractivity contribution >= 4 is 47.4 Å². The van der Waals surface area contributed by atoms with E-state index in [0.717, 1.165) is 0 Å². The van der Waals surface area contributed by atoms with Crippen molar-refractivity contribution in [2.24, 2.45) is 0 Å². The summed E-state index contributed by atoms with van der Waals surface area (Å²) in [5.41, 5.74) is -0.878. The van der Waals surface area contributed by atoms with E-state index in [1.54, 1.807) is 0 Å². The van der Waals surface area contributed by atoms with E-state index < -0.39 is 23.3 Å². The minimum atomic E-state index is -0.654. The van der Waals surface area contributed by atoms with Gasteiger partial charge >= 0.3 is 0 Å². The topological polar surface area (TPSA) is 127 Å². The highest BCUT2D eigenvalue weighted by molar-refractivity contribution is 7.80. The molecular formula is C11H8N4O4S2. The Balaban J connectivity index is 2.31. The maximum Gasteiger partial charge on any atom is 0.263 e. The van der Waals surface area contributed by atoms with Crippen LogP contribution in [0.2, 0.25) is 0 Å². The van der Waals surface area contributed by atoms with Crippen LogP contribution < -0.4 is 16.2 Å². The SMILES string of the molecule is O=C1NC(=S)NC(=O)C1=CC=Cc1c(O)[nH]c(=S)[nH]c1=O. The molecule has 5 N–H and O–H groups in total. The summed E-state index contributed by atoms with van der Waals surface area (Å²) in [4.78, 5) is 39.3. The Hall–Kier alpha value is -2.59. The largest absolute Gasteiger partial charge is 0.494 e. The van der Waals surface area contributed by atoms with Gasteiger partial charge < -0.3 is 10.1 Å². The number of carbonyl (C=O) groups excluding carboxylic acids is 2. The van der Waals surface area contributed by atoms with Crippen LogP contribution in [-0.2, 0) is 9.59 Å². The number of thiocarbonyl (C=S) groups is 1. The van der Waals surface area contributed by atoms with Gasteiger partial charge in [-0.15, -0.1) is 0 Å². The normalized spacial score (nSPS) is 15.0. The number of aromatic hydroxyl groups is 1. The zero-order valence-electron chi connectivity index (χ0n) is 10.2. The Morgan fingerprint density at radius 2 is 1.62 bits per heavy atom. The molecule has 0 radical (unpaired) electrons. The van der Waals surface area contributed by atoms with E-state index in [4.69, 9.17) is 0 Å². The molecule has 108 valence electrons. The fourth-order valence-corrected chi connectivity index (χ4v) is 1.88. The van der Waals surface area contributed by atoms with Crippen LogP contribution in [0.5, 0.6) is 5.88 Å². The zero-order chi connectivity index (χ0) is 15.6. The molecule has 0 bridgehead atoms. The first-order chi connectivity index (χ1) is 9.88. The van der Waals surface area contributed by atoms with Crippen LogP contribution in [-0.4, -0.2) is 32.0 Å². The standard InChI is InChI=1S/C11H8N4O4S2/c16-6-4(7(17)13-10(20)12-6)2-1-3-5-8(18)14-11(21)15-9(5)19/h1-3H,(H2,12,13,16,17,20)(H3,14,15,18,19,21). The summed E-state index contributed by atoms with van der Waals surface area (Å²) in [7, 11) is 0. The van der Waals surface area contributed by atoms with Gasteiger partial charge in [0.15, 0.2) is 9.88 Å². The molecule has 2 amide bonds. The quantitative estimate of drug-likeness (QED) is 0.286. The van der Waals surface area contributed by atoms with Crippen LogP contribution in [0, 0.1) is 4.77 Å². The lowest BCUT2D eigenvalue weighted by Gasteiger charge is -2.15. The molecule has 0 saturated carbocycles. The second-order valence-corrected chi connectivity index (χ2v) is 4.66. The lowest BCUT2D eigenvalue weighted by molar-refractivity contribution is -0.123. The number of allylic oxidation sites excluding steroid dienone is 2. The molecule has 1 fully saturated rings. The summed E-state index contributed by atoms with van der Waals surface area (Å²) in [6.45, 7) is 0. The molecule has 0 aliphatic carbocycles. The first-order valence-corrected chi connectivity index (χ1v) is 6.30. The van der Waals surface area contributed by atoms with Gasteiger partial charge in [-0.3, -0.25) is 30.0 Å². The first-order valence-electron chi connectivity index (χ1n) is 5.49. The number of amides is 2. The van der Waals surface area contributed by atoms with Crippen LogP contribution in [0.4, 0.5) is 0 Å². The second-order valence-electron chi connectivity index (χ2n) is 3.85. The van der Waals surface area contributed by atoms with Crippen molar-refractivity contribution in [2.45, 2.75) is 0 Å². The predicted octanol–water partition coefficient (Wildman–Crippen LogP) is -0.391. The third-order valence-corrected chi connectivity index (χ3v) is 2.84. The molecule has 1 aliphatic rings. The van der Waals surface area contributed by atoms with E-state index in [-0.39, 0.29) is 21.0 Å². The lowest BCUT2D eigenvalue weighted by Crippen LogP contribution is -2.51. The van der Waals surface area contributed by atoms with Gasteiger partial charge in [0.05, 0.1) is 5.56 Å². The van der Waals surface area contributed by atoms with Gasteiger partial charge in [0.1, 0.15) is 5.57 Å². The van der Waals surface area contributed by atoms with Crippen LogP contribution in [0.1, 0.15) is 5.56 Å². The van der Waals surface area contributed by atoms with Crippen molar-refractivity contribution in [1.29, 1.82) is 0 Å². The van der Waals surface area contributed by atoms with E-state index in [2.05, 4.69) is 45.0 Å². The fraction of sp³-hybridized carbons (Fsp3) is 0. The smallest absolute Gasteiger partial charge is 0.263 e. The molecule has 1 saturated heterocycles. The highest BCUT2D eigenvalue weighted by Crippen LogP contribution is 2.09.